The van der Waals surface area contributed by atoms with Crippen LogP contribution < -0.4 is 5.32 Å². The Hall–Kier alpha value is -2.19. The third-order valence-corrected chi connectivity index (χ3v) is 6.46. The second kappa shape index (κ2) is 10.3. The summed E-state index contributed by atoms with van der Waals surface area (Å²) >= 11 is 3.59. The van der Waals surface area contributed by atoms with Crippen LogP contribution in [0.1, 0.15) is 27.7 Å². The van der Waals surface area contributed by atoms with E-state index in [1.165, 1.54) is 6.92 Å². The number of thiophene rings is 1. The fraction of sp³-hybridized carbons (Fsp3) is 0.667. The summed E-state index contributed by atoms with van der Waals surface area (Å²) in [5.41, 5.74) is -0.992. The largest absolute Gasteiger partial charge is 0.462 e. The molecule has 1 aromatic rings. The van der Waals surface area contributed by atoms with E-state index in [1.807, 2.05) is 0 Å². The van der Waals surface area contributed by atoms with E-state index >= 15 is 0 Å². The van der Waals surface area contributed by atoms with Gasteiger partial charge in [0, 0.05) is 4.88 Å². The molecule has 40 heavy (non-hydrogen) atoms. The number of amides is 1. The Morgan fingerprint density at radius 1 is 0.725 bits per heavy atom. The molecule has 0 atom stereocenters. The maximum atomic E-state index is 14.2. The lowest BCUT2D eigenvalue weighted by molar-refractivity contribution is -0.445. The Bertz CT molecular complexity index is 1140. The van der Waals surface area contributed by atoms with Crippen LogP contribution in [0.25, 0.3) is 0 Å². The van der Waals surface area contributed by atoms with Crippen LogP contribution in [-0.4, -0.2) is 65.3 Å². The van der Waals surface area contributed by atoms with E-state index in [4.69, 9.17) is 0 Å². The lowest BCUT2D eigenvalue weighted by Gasteiger charge is -2.42. The van der Waals surface area contributed by atoms with Crippen LogP contribution in [0.3, 0.4) is 0 Å². The van der Waals surface area contributed by atoms with Gasteiger partial charge < -0.3 is 10.1 Å². The van der Waals surface area contributed by atoms with Crippen LogP contribution in [0.5, 0.6) is 0 Å². The van der Waals surface area contributed by atoms with Crippen LogP contribution >= 0.6 is 22.9 Å². The van der Waals surface area contributed by atoms with Crippen molar-refractivity contribution in [2.24, 2.45) is 0 Å². The van der Waals surface area contributed by atoms with Crippen molar-refractivity contribution in [2.45, 2.75) is 67.6 Å². The maximum absolute atomic E-state index is 14.2. The van der Waals surface area contributed by atoms with Crippen molar-refractivity contribution >= 4 is 39.8 Å². The topological polar surface area (TPSA) is 55.4 Å². The zero-order chi connectivity index (χ0) is 32.3. The summed E-state index contributed by atoms with van der Waals surface area (Å²) in [4.78, 5) is 23.8. The van der Waals surface area contributed by atoms with E-state index in [0.717, 1.165) is 19.2 Å². The van der Waals surface area contributed by atoms with Gasteiger partial charge in [-0.15, -0.1) is 11.3 Å². The lowest BCUT2D eigenvalue weighted by Crippen LogP contribution is -2.75. The summed E-state index contributed by atoms with van der Waals surface area (Å²) in [6.45, 7) is 3.04. The number of esters is 1. The molecule has 0 aliphatic heterocycles. The van der Waals surface area contributed by atoms with Gasteiger partial charge in [0.05, 0.1) is 12.2 Å². The Kier molecular flexibility index (Phi) is 9.20. The molecule has 22 heteroatoms. The molecule has 1 rings (SSSR count). The third kappa shape index (κ3) is 4.93. The van der Waals surface area contributed by atoms with Gasteiger partial charge in [-0.25, -0.2) is 4.79 Å². The molecular formula is C18H12ClF16NO3S. The summed E-state index contributed by atoms with van der Waals surface area (Å²) in [7, 11) is 0. The normalized spacial score (nSPS) is 14.8. The number of hydrogen-bond acceptors (Lipinski definition) is 4. The number of hydrogen-bond donors (Lipinski definition) is 1. The van der Waals surface area contributed by atoms with Gasteiger partial charge in [0.15, 0.2) is 0 Å². The number of carbonyl (C=O) groups is 2. The minimum absolute atomic E-state index is 0.0239. The molecule has 1 aromatic heterocycles. The lowest BCUT2D eigenvalue weighted by atomic mass is 9.89. The highest BCUT2D eigenvalue weighted by Gasteiger charge is 2.95. The zero-order valence-corrected chi connectivity index (χ0v) is 20.8. The average Bonchev–Trinajstić information content (AvgIpc) is 3.04. The highest BCUT2D eigenvalue weighted by Crippen LogP contribution is 2.64. The minimum atomic E-state index is -8.70. The molecule has 0 aliphatic carbocycles. The van der Waals surface area contributed by atoms with Gasteiger partial charge in [0.2, 0.25) is 0 Å². The van der Waals surface area contributed by atoms with Gasteiger partial charge in [-0.2, -0.15) is 70.2 Å². The number of rotatable bonds is 11. The molecule has 0 aromatic carbocycles. The van der Waals surface area contributed by atoms with E-state index in [0.29, 0.717) is 0 Å². The molecule has 4 nitrogen and oxygen atoms in total. The van der Waals surface area contributed by atoms with Gasteiger partial charge in [0.25, 0.3) is 0 Å². The summed E-state index contributed by atoms with van der Waals surface area (Å²) < 4.78 is 222. The van der Waals surface area contributed by atoms with E-state index < -0.39 is 75.9 Å². The number of anilines is 1. The van der Waals surface area contributed by atoms with Crippen molar-refractivity contribution < 1.29 is 84.6 Å². The standard InChI is InChI=1S/C18H12ClF16NO3S/c1-4-39-9(37)7-5(2)6(3)40-8(7)36-10(38)11(20,21)12(22,23)13(24,25)14(26,27)15(28,29)16(30,31)17(32,33)18(19,34)35/h4H2,1-3H3,(H,36,38). The van der Waals surface area contributed by atoms with Crippen molar-refractivity contribution in [3.05, 3.63) is 16.0 Å². The van der Waals surface area contributed by atoms with Crippen LogP contribution in [0, 0.1) is 13.8 Å². The first-order chi connectivity index (χ1) is 17.4. The van der Waals surface area contributed by atoms with Crippen molar-refractivity contribution in [3.8, 4) is 0 Å². The predicted molar refractivity (Wildman–Crippen MR) is 104 cm³/mol. The van der Waals surface area contributed by atoms with Crippen molar-refractivity contribution in [2.75, 3.05) is 11.9 Å². The maximum Gasteiger partial charge on any atom is 0.393 e. The molecule has 0 saturated heterocycles. The number of carbonyl (C=O) groups excluding carboxylic acids is 2. The molecule has 1 amide bonds. The van der Waals surface area contributed by atoms with E-state index in [-0.39, 0.29) is 21.8 Å². The molecule has 0 aliphatic rings. The Morgan fingerprint density at radius 2 is 1.10 bits per heavy atom. The van der Waals surface area contributed by atoms with Crippen LogP contribution in [0.4, 0.5) is 75.2 Å². The Morgan fingerprint density at radius 3 is 1.48 bits per heavy atom. The number of halogens is 17. The molecule has 0 spiro atoms. The van der Waals surface area contributed by atoms with Crippen molar-refractivity contribution in [1.29, 1.82) is 0 Å². The first-order valence-electron chi connectivity index (χ1n) is 9.73. The predicted octanol–water partition coefficient (Wildman–Crippen LogP) is 7.76. The SMILES string of the molecule is CCOC(=O)c1c(NC(=O)C(F)(F)C(F)(F)C(F)(F)C(F)(F)C(F)(F)C(F)(F)C(F)(F)C(F)(F)Cl)sc(C)c1C. The fourth-order valence-electron chi connectivity index (χ4n) is 2.65. The third-order valence-electron chi connectivity index (χ3n) is 5.10. The van der Waals surface area contributed by atoms with Crippen LogP contribution in [-0.2, 0) is 9.53 Å². The summed E-state index contributed by atoms with van der Waals surface area (Å²) in [5.74, 6) is -62.7. The molecule has 1 N–H and O–H groups in total. The molecule has 0 unspecified atom stereocenters. The summed E-state index contributed by atoms with van der Waals surface area (Å²) in [6, 6.07) is 0. The monoisotopic (exact) mass is 661 g/mol. The molecular weight excluding hydrogens is 650 g/mol. The smallest absolute Gasteiger partial charge is 0.393 e. The quantitative estimate of drug-likeness (QED) is 0.150. The average molecular weight is 662 g/mol. The van der Waals surface area contributed by atoms with E-state index in [2.05, 4.69) is 16.3 Å². The van der Waals surface area contributed by atoms with E-state index in [1.54, 1.807) is 0 Å². The number of ether oxygens (including phenoxy) is 1. The van der Waals surface area contributed by atoms with Crippen LogP contribution in [0.15, 0.2) is 0 Å². The fourth-order valence-corrected chi connectivity index (χ4v) is 3.81. The van der Waals surface area contributed by atoms with Gasteiger partial charge in [0.1, 0.15) is 5.00 Å². The van der Waals surface area contributed by atoms with Crippen molar-refractivity contribution in [1.82, 2.24) is 0 Å². The Labute approximate surface area is 220 Å². The molecule has 0 fully saturated rings. The molecule has 0 saturated carbocycles. The number of aryl methyl sites for hydroxylation is 1. The first kappa shape index (κ1) is 35.8. The van der Waals surface area contributed by atoms with Crippen LogP contribution in [0.2, 0.25) is 0 Å². The molecule has 232 valence electrons. The number of alkyl halides is 17. The summed E-state index contributed by atoms with van der Waals surface area (Å²) in [5, 5.41) is -7.24. The minimum Gasteiger partial charge on any atom is -0.462 e. The number of nitrogens with one attached hydrogen (secondary N) is 1. The Balaban J connectivity index is 3.65. The van der Waals surface area contributed by atoms with Gasteiger partial charge in [-0.1, -0.05) is 0 Å². The second-order valence-electron chi connectivity index (χ2n) is 7.68. The highest BCUT2D eigenvalue weighted by atomic mass is 35.5. The molecule has 0 radical (unpaired) electrons. The molecule has 1 heterocycles. The zero-order valence-electron chi connectivity index (χ0n) is 19.3. The molecule has 0 bridgehead atoms. The van der Waals surface area contributed by atoms with Gasteiger partial charge in [-0.3, -0.25) is 4.79 Å². The highest BCUT2D eigenvalue weighted by molar-refractivity contribution is 7.16. The summed E-state index contributed by atoms with van der Waals surface area (Å²) in [6.07, 6.45) is 0. The first-order valence-corrected chi connectivity index (χ1v) is 10.9. The van der Waals surface area contributed by atoms with E-state index in [9.17, 15) is 79.8 Å². The van der Waals surface area contributed by atoms with Gasteiger partial charge >= 0.3 is 58.7 Å². The second-order valence-corrected chi connectivity index (χ2v) is 9.38. The van der Waals surface area contributed by atoms with Gasteiger partial charge in [-0.05, 0) is 37.9 Å². The van der Waals surface area contributed by atoms with Crippen molar-refractivity contribution in [3.63, 3.8) is 0 Å².